The predicted octanol–water partition coefficient (Wildman–Crippen LogP) is 3.90. The minimum atomic E-state index is 0.0479. The Balaban J connectivity index is 2.33. The normalized spacial score (nSPS) is 24.3. The molecular formula is C15H22BrNO2. The largest absolute Gasteiger partial charge is 0.493 e. The van der Waals surface area contributed by atoms with Crippen LogP contribution >= 0.6 is 15.9 Å². The minimum Gasteiger partial charge on any atom is -0.493 e. The topological polar surface area (TPSA) is 44.5 Å². The molecule has 3 nitrogen and oxygen atoms in total. The van der Waals surface area contributed by atoms with Crippen molar-refractivity contribution in [3.63, 3.8) is 0 Å². The second-order valence-corrected chi connectivity index (χ2v) is 6.18. The molecule has 0 aromatic heterocycles. The predicted molar refractivity (Wildman–Crippen MR) is 80.7 cm³/mol. The van der Waals surface area contributed by atoms with Gasteiger partial charge >= 0.3 is 0 Å². The molecule has 106 valence electrons. The van der Waals surface area contributed by atoms with Crippen LogP contribution < -0.4 is 15.2 Å². The summed E-state index contributed by atoms with van der Waals surface area (Å²) in [6.45, 7) is 2.30. The van der Waals surface area contributed by atoms with E-state index >= 15 is 0 Å². The van der Waals surface area contributed by atoms with Crippen LogP contribution in [0.3, 0.4) is 0 Å². The molecule has 0 amide bonds. The number of benzene rings is 1. The zero-order valence-corrected chi connectivity index (χ0v) is 13.4. The summed E-state index contributed by atoms with van der Waals surface area (Å²) in [5.41, 5.74) is 7.59. The highest BCUT2D eigenvalue weighted by Crippen LogP contribution is 2.43. The van der Waals surface area contributed by atoms with E-state index in [1.807, 2.05) is 12.1 Å². The number of hydrogen-bond acceptors (Lipinski definition) is 3. The molecule has 4 heteroatoms. The van der Waals surface area contributed by atoms with Crippen LogP contribution in [0.15, 0.2) is 16.6 Å². The summed E-state index contributed by atoms with van der Waals surface area (Å²) in [4.78, 5) is 0. The Hall–Kier alpha value is -0.740. The summed E-state index contributed by atoms with van der Waals surface area (Å²) in [7, 11) is 3.29. The molecule has 19 heavy (non-hydrogen) atoms. The first kappa shape index (κ1) is 14.7. The van der Waals surface area contributed by atoms with Crippen LogP contribution in [-0.4, -0.2) is 14.2 Å². The number of halogens is 1. The van der Waals surface area contributed by atoms with E-state index in [0.29, 0.717) is 11.8 Å². The molecule has 3 unspecified atom stereocenters. The third-order valence-electron chi connectivity index (χ3n) is 4.25. The third-order valence-corrected chi connectivity index (χ3v) is 4.94. The van der Waals surface area contributed by atoms with Gasteiger partial charge in [0.15, 0.2) is 11.5 Å². The van der Waals surface area contributed by atoms with Crippen molar-refractivity contribution in [2.45, 2.75) is 32.2 Å². The molecule has 1 aromatic rings. The SMILES string of the molecule is COc1cc(Br)c(C(N)C2CCCC2C)cc1OC. The Kier molecular flexibility index (Phi) is 4.74. The lowest BCUT2D eigenvalue weighted by Crippen LogP contribution is -2.23. The molecular weight excluding hydrogens is 306 g/mol. The van der Waals surface area contributed by atoms with Crippen LogP contribution in [0.4, 0.5) is 0 Å². The van der Waals surface area contributed by atoms with Crippen molar-refractivity contribution in [3.8, 4) is 11.5 Å². The van der Waals surface area contributed by atoms with E-state index in [1.54, 1.807) is 14.2 Å². The monoisotopic (exact) mass is 327 g/mol. The smallest absolute Gasteiger partial charge is 0.161 e. The highest BCUT2D eigenvalue weighted by molar-refractivity contribution is 9.10. The van der Waals surface area contributed by atoms with Gasteiger partial charge in [-0.25, -0.2) is 0 Å². The van der Waals surface area contributed by atoms with Gasteiger partial charge in [0.25, 0.3) is 0 Å². The highest BCUT2D eigenvalue weighted by atomic mass is 79.9. The number of rotatable bonds is 4. The average molecular weight is 328 g/mol. The van der Waals surface area contributed by atoms with Gasteiger partial charge in [-0.3, -0.25) is 0 Å². The Labute approximate surface area is 123 Å². The van der Waals surface area contributed by atoms with E-state index in [0.717, 1.165) is 21.5 Å². The highest BCUT2D eigenvalue weighted by Gasteiger charge is 2.31. The van der Waals surface area contributed by atoms with Gasteiger partial charge in [0.2, 0.25) is 0 Å². The van der Waals surface area contributed by atoms with Crippen molar-refractivity contribution in [1.82, 2.24) is 0 Å². The Bertz CT molecular complexity index is 450. The van der Waals surface area contributed by atoms with Gasteiger partial charge < -0.3 is 15.2 Å². The van der Waals surface area contributed by atoms with Crippen LogP contribution in [-0.2, 0) is 0 Å². The molecule has 0 bridgehead atoms. The fourth-order valence-electron chi connectivity index (χ4n) is 3.06. The second kappa shape index (κ2) is 6.14. The standard InChI is InChI=1S/C15H22BrNO2/c1-9-5-4-6-10(9)15(17)11-7-13(18-2)14(19-3)8-12(11)16/h7-10,15H,4-6,17H2,1-3H3. The second-order valence-electron chi connectivity index (χ2n) is 5.33. The number of ether oxygens (including phenoxy) is 2. The van der Waals surface area contributed by atoms with Crippen molar-refractivity contribution in [1.29, 1.82) is 0 Å². The molecule has 3 atom stereocenters. The van der Waals surface area contributed by atoms with Crippen LogP contribution in [0.5, 0.6) is 11.5 Å². The third kappa shape index (κ3) is 2.90. The fraction of sp³-hybridized carbons (Fsp3) is 0.600. The first-order chi connectivity index (χ1) is 9.08. The molecule has 1 aliphatic rings. The molecule has 1 fully saturated rings. The van der Waals surface area contributed by atoms with Gasteiger partial charge in [-0.15, -0.1) is 0 Å². The molecule has 0 aliphatic heterocycles. The first-order valence-electron chi connectivity index (χ1n) is 6.75. The molecule has 2 N–H and O–H groups in total. The van der Waals surface area contributed by atoms with E-state index in [2.05, 4.69) is 22.9 Å². The lowest BCUT2D eigenvalue weighted by atomic mass is 9.86. The molecule has 0 spiro atoms. The Morgan fingerprint density at radius 2 is 1.84 bits per heavy atom. The lowest BCUT2D eigenvalue weighted by molar-refractivity contribution is 0.340. The Morgan fingerprint density at radius 1 is 1.21 bits per heavy atom. The molecule has 1 saturated carbocycles. The van der Waals surface area contributed by atoms with Gasteiger partial charge in [0.05, 0.1) is 14.2 Å². The van der Waals surface area contributed by atoms with Crippen LogP contribution in [0.1, 0.15) is 37.8 Å². The summed E-state index contributed by atoms with van der Waals surface area (Å²) in [5, 5.41) is 0. The fourth-order valence-corrected chi connectivity index (χ4v) is 3.65. The maximum absolute atomic E-state index is 6.48. The van der Waals surface area contributed by atoms with E-state index in [9.17, 15) is 0 Å². The minimum absolute atomic E-state index is 0.0479. The summed E-state index contributed by atoms with van der Waals surface area (Å²) >= 11 is 3.60. The van der Waals surface area contributed by atoms with E-state index in [-0.39, 0.29) is 6.04 Å². The maximum atomic E-state index is 6.48. The zero-order chi connectivity index (χ0) is 14.0. The van der Waals surface area contributed by atoms with Crippen molar-refractivity contribution < 1.29 is 9.47 Å². The Morgan fingerprint density at radius 3 is 2.37 bits per heavy atom. The van der Waals surface area contributed by atoms with E-state index < -0.39 is 0 Å². The maximum Gasteiger partial charge on any atom is 0.161 e. The molecule has 1 aromatic carbocycles. The van der Waals surface area contributed by atoms with Gasteiger partial charge in [-0.1, -0.05) is 35.7 Å². The summed E-state index contributed by atoms with van der Waals surface area (Å²) in [6, 6.07) is 3.98. The van der Waals surface area contributed by atoms with Gasteiger partial charge in [-0.05, 0) is 36.0 Å². The van der Waals surface area contributed by atoms with Gasteiger partial charge in [0.1, 0.15) is 0 Å². The van der Waals surface area contributed by atoms with Crippen molar-refractivity contribution in [3.05, 3.63) is 22.2 Å². The number of hydrogen-bond donors (Lipinski definition) is 1. The summed E-state index contributed by atoms with van der Waals surface area (Å²) in [5.74, 6) is 2.70. The lowest BCUT2D eigenvalue weighted by Gasteiger charge is -2.25. The van der Waals surface area contributed by atoms with Crippen LogP contribution in [0, 0.1) is 11.8 Å². The quantitative estimate of drug-likeness (QED) is 0.912. The van der Waals surface area contributed by atoms with Crippen LogP contribution in [0.2, 0.25) is 0 Å². The molecule has 0 radical (unpaired) electrons. The average Bonchev–Trinajstić information content (AvgIpc) is 2.83. The van der Waals surface area contributed by atoms with Crippen molar-refractivity contribution in [2.75, 3.05) is 14.2 Å². The van der Waals surface area contributed by atoms with Crippen molar-refractivity contribution >= 4 is 15.9 Å². The van der Waals surface area contributed by atoms with Gasteiger partial charge in [0, 0.05) is 10.5 Å². The molecule has 2 rings (SSSR count). The molecule has 0 saturated heterocycles. The van der Waals surface area contributed by atoms with Crippen LogP contribution in [0.25, 0.3) is 0 Å². The summed E-state index contributed by atoms with van der Waals surface area (Å²) < 4.78 is 11.7. The zero-order valence-electron chi connectivity index (χ0n) is 11.8. The van der Waals surface area contributed by atoms with E-state index in [1.165, 1.54) is 19.3 Å². The van der Waals surface area contributed by atoms with E-state index in [4.69, 9.17) is 15.2 Å². The number of methoxy groups -OCH3 is 2. The molecule has 1 aliphatic carbocycles. The van der Waals surface area contributed by atoms with Gasteiger partial charge in [-0.2, -0.15) is 0 Å². The van der Waals surface area contributed by atoms with Crippen molar-refractivity contribution in [2.24, 2.45) is 17.6 Å². The summed E-state index contributed by atoms with van der Waals surface area (Å²) in [6.07, 6.45) is 3.77. The number of nitrogens with two attached hydrogens (primary N) is 1. The molecule has 0 heterocycles. The first-order valence-corrected chi connectivity index (χ1v) is 7.54.